The Morgan fingerprint density at radius 3 is 2.24 bits per heavy atom. The van der Waals surface area contributed by atoms with Gasteiger partial charge in [0.15, 0.2) is 0 Å². The molecule has 0 N–H and O–H groups in total. The Balaban J connectivity index is 1.41. The second-order valence-corrected chi connectivity index (χ2v) is 6.29. The summed E-state index contributed by atoms with van der Waals surface area (Å²) in [6.45, 7) is -0.158. The van der Waals surface area contributed by atoms with Crippen molar-refractivity contribution in [1.82, 2.24) is 4.90 Å². The summed E-state index contributed by atoms with van der Waals surface area (Å²) in [4.78, 5) is 48.2. The lowest BCUT2D eigenvalue weighted by atomic mass is 10.0. The van der Waals surface area contributed by atoms with Crippen molar-refractivity contribution in [2.75, 3.05) is 13.2 Å². The Morgan fingerprint density at radius 2 is 1.59 bits per heavy atom. The molecule has 0 bridgehead atoms. The molecule has 0 spiro atoms. The average Bonchev–Trinajstić information content (AvgIpc) is 2.72. The fourth-order valence-corrected chi connectivity index (χ4v) is 2.74. The normalized spacial score (nSPS) is 15.2. The number of rotatable bonds is 6. The maximum atomic E-state index is 12.1. The van der Waals surface area contributed by atoms with E-state index in [1.807, 2.05) is 30.3 Å². The van der Waals surface area contributed by atoms with E-state index in [4.69, 9.17) is 9.47 Å². The Morgan fingerprint density at radius 1 is 0.931 bits per heavy atom. The van der Waals surface area contributed by atoms with Gasteiger partial charge in [-0.05, 0) is 17.7 Å². The smallest absolute Gasteiger partial charge is 0.449 e. The molecular weight excluding hydrogens is 378 g/mol. The summed E-state index contributed by atoms with van der Waals surface area (Å²) in [7, 11) is 0. The van der Waals surface area contributed by atoms with Crippen molar-refractivity contribution < 1.29 is 33.4 Å². The summed E-state index contributed by atoms with van der Waals surface area (Å²) in [6.07, 6.45) is -1.44. The van der Waals surface area contributed by atoms with Crippen LogP contribution >= 0.6 is 0 Å². The van der Waals surface area contributed by atoms with Gasteiger partial charge in [-0.2, -0.15) is 0 Å². The van der Waals surface area contributed by atoms with Crippen LogP contribution in [0, 0.1) is 0 Å². The van der Waals surface area contributed by atoms with E-state index in [0.29, 0.717) is 6.42 Å². The first-order chi connectivity index (χ1) is 14.0. The van der Waals surface area contributed by atoms with Crippen molar-refractivity contribution in [2.24, 2.45) is 0 Å². The number of imide groups is 1. The lowest BCUT2D eigenvalue weighted by molar-refractivity contribution is -0.145. The Hall–Kier alpha value is -3.68. The van der Waals surface area contributed by atoms with Crippen LogP contribution in [0.3, 0.4) is 0 Å². The fraction of sp³-hybridized carbons (Fsp3) is 0.238. The highest BCUT2D eigenvalue weighted by Gasteiger charge is 2.42. The van der Waals surface area contributed by atoms with Gasteiger partial charge in [0.1, 0.15) is 6.61 Å². The Kier molecular flexibility index (Phi) is 6.57. The van der Waals surface area contributed by atoms with Crippen LogP contribution in [0.1, 0.15) is 22.3 Å². The lowest BCUT2D eigenvalue weighted by Crippen LogP contribution is -2.58. The molecule has 0 radical (unpaired) electrons. The second kappa shape index (κ2) is 9.50. The van der Waals surface area contributed by atoms with Gasteiger partial charge in [-0.3, -0.25) is 4.79 Å². The maximum Gasteiger partial charge on any atom is 0.516 e. The summed E-state index contributed by atoms with van der Waals surface area (Å²) < 4.78 is 14.5. The molecule has 1 aliphatic heterocycles. The lowest BCUT2D eigenvalue weighted by Gasteiger charge is -2.36. The van der Waals surface area contributed by atoms with Gasteiger partial charge in [0.05, 0.1) is 24.6 Å². The zero-order valence-electron chi connectivity index (χ0n) is 15.5. The fourth-order valence-electron chi connectivity index (χ4n) is 2.74. The molecule has 0 saturated carbocycles. The summed E-state index contributed by atoms with van der Waals surface area (Å²) in [5, 5.41) is 0. The highest BCUT2D eigenvalue weighted by atomic mass is 16.7. The molecule has 1 saturated heterocycles. The van der Waals surface area contributed by atoms with Gasteiger partial charge in [0.2, 0.25) is 5.91 Å². The third kappa shape index (κ3) is 5.41. The molecule has 8 heteroatoms. The van der Waals surface area contributed by atoms with Crippen LogP contribution < -0.4 is 0 Å². The topological polar surface area (TPSA) is 99.2 Å². The first-order valence-electron chi connectivity index (χ1n) is 9.01. The van der Waals surface area contributed by atoms with Gasteiger partial charge in [-0.1, -0.05) is 48.5 Å². The molecule has 2 aromatic rings. The van der Waals surface area contributed by atoms with E-state index in [0.717, 1.165) is 10.5 Å². The number of amides is 2. The Bertz CT molecular complexity index is 882. The van der Waals surface area contributed by atoms with Crippen molar-refractivity contribution in [3.05, 3.63) is 71.8 Å². The van der Waals surface area contributed by atoms with Gasteiger partial charge in [-0.15, -0.1) is 0 Å². The number of hydrogen-bond donors (Lipinski definition) is 0. The Labute approximate surface area is 167 Å². The van der Waals surface area contributed by atoms with E-state index in [1.54, 1.807) is 18.2 Å². The predicted molar refractivity (Wildman–Crippen MR) is 100.0 cm³/mol. The summed E-state index contributed by atoms with van der Waals surface area (Å²) >= 11 is 0. The monoisotopic (exact) mass is 397 g/mol. The van der Waals surface area contributed by atoms with E-state index in [1.165, 1.54) is 12.1 Å². The zero-order valence-corrected chi connectivity index (χ0v) is 15.5. The van der Waals surface area contributed by atoms with Gasteiger partial charge >= 0.3 is 18.2 Å². The molecule has 2 amide bonds. The molecule has 0 aromatic heterocycles. The minimum Gasteiger partial charge on any atom is -0.449 e. The number of carbonyl (C=O) groups is 4. The predicted octanol–water partition coefficient (Wildman–Crippen LogP) is 2.96. The SMILES string of the molecule is O=C(OCC1CC(=O)N1C(=O)OCCc1ccccc1)OC(=O)c1ccccc1. The highest BCUT2D eigenvalue weighted by molar-refractivity contribution is 5.98. The van der Waals surface area contributed by atoms with Crippen molar-refractivity contribution in [3.63, 3.8) is 0 Å². The minimum absolute atomic E-state index is 0.0354. The van der Waals surface area contributed by atoms with E-state index in [2.05, 4.69) is 4.74 Å². The van der Waals surface area contributed by atoms with Crippen molar-refractivity contribution in [2.45, 2.75) is 18.9 Å². The highest BCUT2D eigenvalue weighted by Crippen LogP contribution is 2.21. The maximum absolute atomic E-state index is 12.1. The molecule has 8 nitrogen and oxygen atoms in total. The van der Waals surface area contributed by atoms with Crippen molar-refractivity contribution in [1.29, 1.82) is 0 Å². The standard InChI is InChI=1S/C21H19NO7/c23-18-13-17(14-28-21(26)29-19(24)16-9-5-2-6-10-16)22(18)20(25)27-12-11-15-7-3-1-4-8-15/h1-10,17H,11-14H2. The van der Waals surface area contributed by atoms with E-state index < -0.39 is 30.2 Å². The van der Waals surface area contributed by atoms with Crippen LogP contribution in [0.25, 0.3) is 0 Å². The quantitative estimate of drug-likeness (QED) is 0.420. The first kappa shape index (κ1) is 20.1. The molecule has 0 aliphatic carbocycles. The number of benzene rings is 2. The molecule has 3 rings (SSSR count). The van der Waals surface area contributed by atoms with Crippen LogP contribution in [-0.2, 0) is 25.4 Å². The molecular formula is C21H19NO7. The van der Waals surface area contributed by atoms with Crippen LogP contribution in [-0.4, -0.2) is 48.3 Å². The van der Waals surface area contributed by atoms with Gasteiger partial charge in [0, 0.05) is 6.42 Å². The van der Waals surface area contributed by atoms with Crippen LogP contribution in [0.2, 0.25) is 0 Å². The van der Waals surface area contributed by atoms with E-state index >= 15 is 0 Å². The molecule has 2 aromatic carbocycles. The zero-order chi connectivity index (χ0) is 20.6. The summed E-state index contributed by atoms with van der Waals surface area (Å²) in [5.41, 5.74) is 1.20. The van der Waals surface area contributed by atoms with E-state index in [-0.39, 0.29) is 25.2 Å². The number of esters is 1. The van der Waals surface area contributed by atoms with Gasteiger partial charge in [0.25, 0.3) is 0 Å². The van der Waals surface area contributed by atoms with Crippen LogP contribution in [0.5, 0.6) is 0 Å². The van der Waals surface area contributed by atoms with Crippen LogP contribution in [0.15, 0.2) is 60.7 Å². The molecule has 1 atom stereocenters. The molecule has 150 valence electrons. The van der Waals surface area contributed by atoms with Crippen LogP contribution in [0.4, 0.5) is 9.59 Å². The first-order valence-corrected chi connectivity index (χ1v) is 9.01. The third-order valence-corrected chi connectivity index (χ3v) is 4.28. The third-order valence-electron chi connectivity index (χ3n) is 4.28. The van der Waals surface area contributed by atoms with Gasteiger partial charge < -0.3 is 14.2 Å². The second-order valence-electron chi connectivity index (χ2n) is 6.29. The van der Waals surface area contributed by atoms with Crippen molar-refractivity contribution in [3.8, 4) is 0 Å². The molecule has 1 aliphatic rings. The van der Waals surface area contributed by atoms with Crippen molar-refractivity contribution >= 4 is 24.1 Å². The summed E-state index contributed by atoms with van der Waals surface area (Å²) in [6, 6.07) is 16.8. The average molecular weight is 397 g/mol. The van der Waals surface area contributed by atoms with Gasteiger partial charge in [-0.25, -0.2) is 19.3 Å². The molecule has 1 unspecified atom stereocenters. The number of nitrogens with zero attached hydrogens (tertiary/aromatic N) is 1. The number of hydrogen-bond acceptors (Lipinski definition) is 7. The molecule has 1 fully saturated rings. The van der Waals surface area contributed by atoms with E-state index in [9.17, 15) is 19.2 Å². The minimum atomic E-state index is -1.20. The largest absolute Gasteiger partial charge is 0.516 e. The molecule has 29 heavy (non-hydrogen) atoms. The molecule has 1 heterocycles. The number of carbonyl (C=O) groups excluding carboxylic acids is 4. The number of ether oxygens (including phenoxy) is 3. The number of likely N-dealkylation sites (tertiary alicyclic amines) is 1. The number of β-lactam (4-membered cyclic amide) rings is 1. The summed E-state index contributed by atoms with van der Waals surface area (Å²) in [5.74, 6) is -1.27.